The molecular weight excluding hydrogens is 322 g/mol. The van der Waals surface area contributed by atoms with Crippen LogP contribution >= 0.6 is 0 Å². The number of hydrogen-bond acceptors (Lipinski definition) is 3. The topological polar surface area (TPSA) is 50.9 Å². The standard InChI is InChI=1S/C18H23N3O.2C2H6/c1-5-9-13-16(12-8-4)21-18(19-17(14-22)20-21)15(10-6-2)11-7-3;2*1-2/h5-7,9-13,22H,1-2,8,14H2,3-4H3;2*1-2H3/b11-7-,13-9-,15-10+,16-12+;;. The van der Waals surface area contributed by atoms with Crippen LogP contribution in [0.1, 0.15) is 59.6 Å². The van der Waals surface area contributed by atoms with Crippen LogP contribution in [0.4, 0.5) is 0 Å². The van der Waals surface area contributed by atoms with Gasteiger partial charge in [0, 0.05) is 5.57 Å². The van der Waals surface area contributed by atoms with Crippen molar-refractivity contribution in [3.8, 4) is 0 Å². The Morgan fingerprint density at radius 1 is 1.12 bits per heavy atom. The summed E-state index contributed by atoms with van der Waals surface area (Å²) in [5.41, 5.74) is 1.75. The second kappa shape index (κ2) is 17.4. The molecule has 0 aliphatic carbocycles. The summed E-state index contributed by atoms with van der Waals surface area (Å²) < 4.78 is 1.73. The summed E-state index contributed by atoms with van der Waals surface area (Å²) in [6.07, 6.45) is 15.8. The normalized spacial score (nSPS) is 11.7. The van der Waals surface area contributed by atoms with E-state index in [0.717, 1.165) is 17.7 Å². The van der Waals surface area contributed by atoms with Crippen molar-refractivity contribution >= 4 is 11.3 Å². The number of allylic oxidation sites excluding steroid dienone is 10. The molecule has 1 aromatic rings. The van der Waals surface area contributed by atoms with Crippen molar-refractivity contribution in [1.29, 1.82) is 0 Å². The van der Waals surface area contributed by atoms with Crippen LogP contribution in [0.25, 0.3) is 11.3 Å². The molecule has 1 rings (SSSR count). The van der Waals surface area contributed by atoms with Crippen LogP contribution in [-0.2, 0) is 6.61 Å². The first kappa shape index (κ1) is 25.8. The SMILES string of the molecule is C=C/C=C\C(=C/CC)n1nc(CO)nc1C(/C=C\C)=C/C=C.CC.CC. The fourth-order valence-electron chi connectivity index (χ4n) is 1.90. The lowest BCUT2D eigenvalue weighted by atomic mass is 10.2. The van der Waals surface area contributed by atoms with Crippen LogP contribution in [0, 0.1) is 0 Å². The Morgan fingerprint density at radius 3 is 2.23 bits per heavy atom. The average Bonchev–Trinajstić information content (AvgIpc) is 3.12. The van der Waals surface area contributed by atoms with Gasteiger partial charge in [0.15, 0.2) is 11.6 Å². The maximum absolute atomic E-state index is 9.36. The van der Waals surface area contributed by atoms with E-state index in [1.165, 1.54) is 0 Å². The van der Waals surface area contributed by atoms with Crippen molar-refractivity contribution < 1.29 is 5.11 Å². The Balaban J connectivity index is 0. The maximum Gasteiger partial charge on any atom is 0.177 e. The number of hydrogen-bond donors (Lipinski definition) is 1. The number of aliphatic hydroxyl groups is 1. The summed E-state index contributed by atoms with van der Waals surface area (Å²) in [6.45, 7) is 19.2. The second-order valence-corrected chi connectivity index (χ2v) is 4.41. The van der Waals surface area contributed by atoms with Crippen molar-refractivity contribution in [1.82, 2.24) is 14.8 Å². The molecule has 0 unspecified atom stereocenters. The van der Waals surface area contributed by atoms with E-state index in [0.29, 0.717) is 11.6 Å². The zero-order valence-corrected chi connectivity index (χ0v) is 17.2. The van der Waals surface area contributed by atoms with Gasteiger partial charge in [-0.3, -0.25) is 0 Å². The molecule has 0 fully saturated rings. The minimum absolute atomic E-state index is 0.207. The molecule has 4 heteroatoms. The molecule has 0 aromatic carbocycles. The first-order valence-electron chi connectivity index (χ1n) is 9.24. The lowest BCUT2D eigenvalue weighted by Gasteiger charge is -2.07. The third-order valence-corrected chi connectivity index (χ3v) is 2.76. The van der Waals surface area contributed by atoms with Crippen LogP contribution in [0.5, 0.6) is 0 Å². The summed E-state index contributed by atoms with van der Waals surface area (Å²) in [4.78, 5) is 4.41. The highest BCUT2D eigenvalue weighted by atomic mass is 16.3. The Labute approximate surface area is 159 Å². The molecular formula is C22H35N3O. The van der Waals surface area contributed by atoms with Gasteiger partial charge in [0.2, 0.25) is 0 Å². The molecule has 0 saturated heterocycles. The molecule has 0 atom stereocenters. The molecule has 1 heterocycles. The van der Waals surface area contributed by atoms with Gasteiger partial charge >= 0.3 is 0 Å². The smallest absolute Gasteiger partial charge is 0.177 e. The fourth-order valence-corrected chi connectivity index (χ4v) is 1.90. The van der Waals surface area contributed by atoms with Crippen LogP contribution in [-0.4, -0.2) is 19.9 Å². The van der Waals surface area contributed by atoms with E-state index >= 15 is 0 Å². The predicted molar refractivity (Wildman–Crippen MR) is 116 cm³/mol. The fraction of sp³-hybridized carbons (Fsp3) is 0.364. The highest BCUT2D eigenvalue weighted by Gasteiger charge is 2.13. The van der Waals surface area contributed by atoms with Gasteiger partial charge in [-0.15, -0.1) is 5.10 Å². The lowest BCUT2D eigenvalue weighted by Crippen LogP contribution is -2.03. The molecule has 1 N–H and O–H groups in total. The molecule has 144 valence electrons. The van der Waals surface area contributed by atoms with E-state index in [-0.39, 0.29) is 6.61 Å². The number of rotatable bonds is 8. The van der Waals surface area contributed by atoms with Crippen LogP contribution in [0.2, 0.25) is 0 Å². The molecule has 4 nitrogen and oxygen atoms in total. The second-order valence-electron chi connectivity index (χ2n) is 4.41. The summed E-state index contributed by atoms with van der Waals surface area (Å²) in [7, 11) is 0. The lowest BCUT2D eigenvalue weighted by molar-refractivity contribution is 0.271. The van der Waals surface area contributed by atoms with Gasteiger partial charge in [-0.1, -0.05) is 90.3 Å². The summed E-state index contributed by atoms with van der Waals surface area (Å²) >= 11 is 0. The molecule has 1 aromatic heterocycles. The first-order chi connectivity index (χ1) is 12.7. The summed E-state index contributed by atoms with van der Waals surface area (Å²) in [5, 5.41) is 13.7. The van der Waals surface area contributed by atoms with Crippen molar-refractivity contribution in [3.05, 3.63) is 73.4 Å². The van der Waals surface area contributed by atoms with Gasteiger partial charge in [-0.25, -0.2) is 9.67 Å². The van der Waals surface area contributed by atoms with Crippen molar-refractivity contribution in [2.24, 2.45) is 0 Å². The highest BCUT2D eigenvalue weighted by Crippen LogP contribution is 2.19. The first-order valence-corrected chi connectivity index (χ1v) is 9.24. The Bertz CT molecular complexity index is 632. The predicted octanol–water partition coefficient (Wildman–Crippen LogP) is 5.96. The molecule has 26 heavy (non-hydrogen) atoms. The van der Waals surface area contributed by atoms with Crippen molar-refractivity contribution in [3.63, 3.8) is 0 Å². The Morgan fingerprint density at radius 2 is 1.77 bits per heavy atom. The van der Waals surface area contributed by atoms with Crippen LogP contribution in [0.3, 0.4) is 0 Å². The Hall–Kier alpha value is -2.46. The quantitative estimate of drug-likeness (QED) is 0.584. The van der Waals surface area contributed by atoms with Gasteiger partial charge in [0.1, 0.15) is 6.61 Å². The Kier molecular flexibility index (Phi) is 17.2. The van der Waals surface area contributed by atoms with Crippen molar-refractivity contribution in [2.75, 3.05) is 0 Å². The van der Waals surface area contributed by atoms with Crippen LogP contribution < -0.4 is 0 Å². The average molecular weight is 358 g/mol. The zero-order valence-electron chi connectivity index (χ0n) is 17.2. The van der Waals surface area contributed by atoms with E-state index in [4.69, 9.17) is 0 Å². The van der Waals surface area contributed by atoms with Crippen LogP contribution in [0.15, 0.2) is 61.8 Å². The molecule has 0 spiro atoms. The molecule has 0 aliphatic rings. The highest BCUT2D eigenvalue weighted by molar-refractivity contribution is 5.74. The summed E-state index contributed by atoms with van der Waals surface area (Å²) in [5.74, 6) is 1.04. The third kappa shape index (κ3) is 8.58. The minimum Gasteiger partial charge on any atom is -0.388 e. The minimum atomic E-state index is -0.207. The summed E-state index contributed by atoms with van der Waals surface area (Å²) in [6, 6.07) is 0. The van der Waals surface area contributed by atoms with E-state index in [9.17, 15) is 5.11 Å². The third-order valence-electron chi connectivity index (χ3n) is 2.76. The van der Waals surface area contributed by atoms with Gasteiger partial charge in [0.25, 0.3) is 0 Å². The number of aliphatic hydroxyl groups excluding tert-OH is 1. The largest absolute Gasteiger partial charge is 0.388 e. The number of nitrogens with zero attached hydrogens (tertiary/aromatic N) is 3. The molecule has 0 aliphatic heterocycles. The number of aromatic nitrogens is 3. The van der Waals surface area contributed by atoms with E-state index < -0.39 is 0 Å². The van der Waals surface area contributed by atoms with E-state index in [1.54, 1.807) is 16.8 Å². The molecule has 0 radical (unpaired) electrons. The van der Waals surface area contributed by atoms with E-state index in [2.05, 4.69) is 30.2 Å². The van der Waals surface area contributed by atoms with Gasteiger partial charge < -0.3 is 5.11 Å². The van der Waals surface area contributed by atoms with Gasteiger partial charge in [0.05, 0.1) is 5.70 Å². The monoisotopic (exact) mass is 357 g/mol. The molecule has 0 amide bonds. The zero-order chi connectivity index (χ0) is 20.4. The van der Waals surface area contributed by atoms with Crippen molar-refractivity contribution in [2.45, 2.75) is 54.6 Å². The molecule has 0 saturated carbocycles. The molecule has 0 bridgehead atoms. The van der Waals surface area contributed by atoms with E-state index in [1.807, 2.05) is 71.1 Å². The van der Waals surface area contributed by atoms with Gasteiger partial charge in [-0.05, 0) is 19.4 Å². The maximum atomic E-state index is 9.36. The van der Waals surface area contributed by atoms with Gasteiger partial charge in [-0.2, -0.15) is 0 Å².